The predicted octanol–water partition coefficient (Wildman–Crippen LogP) is 4.35. The number of hydrogen-bond donors (Lipinski definition) is 1. The smallest absolute Gasteiger partial charge is 0.136 e. The van der Waals surface area contributed by atoms with Gasteiger partial charge in [-0.05, 0) is 30.9 Å². The number of benzene rings is 1. The summed E-state index contributed by atoms with van der Waals surface area (Å²) >= 11 is 6.75. The summed E-state index contributed by atoms with van der Waals surface area (Å²) in [6, 6.07) is 6.12. The first-order valence-electron chi connectivity index (χ1n) is 5.25. The molecule has 86 valence electrons. The molecule has 0 radical (unpaired) electrons. The van der Waals surface area contributed by atoms with Crippen molar-refractivity contribution >= 4 is 35.0 Å². The quantitative estimate of drug-likeness (QED) is 0.604. The SMILES string of the molecule is CC.CSc1nc2ccc(C)cc2[nH]c1=S. The fourth-order valence-electron chi connectivity index (χ4n) is 1.32. The van der Waals surface area contributed by atoms with E-state index in [1.165, 1.54) is 5.56 Å². The number of fused-ring (bicyclic) bond motifs is 1. The average Bonchev–Trinajstić information content (AvgIpc) is 2.30. The van der Waals surface area contributed by atoms with Crippen LogP contribution in [0.2, 0.25) is 0 Å². The van der Waals surface area contributed by atoms with Crippen molar-refractivity contribution < 1.29 is 0 Å². The van der Waals surface area contributed by atoms with Gasteiger partial charge in [-0.15, -0.1) is 11.8 Å². The van der Waals surface area contributed by atoms with Crippen molar-refractivity contribution in [2.75, 3.05) is 6.26 Å². The molecular weight excluding hydrogens is 236 g/mol. The van der Waals surface area contributed by atoms with Gasteiger partial charge in [0.05, 0.1) is 11.0 Å². The van der Waals surface area contributed by atoms with E-state index in [4.69, 9.17) is 12.2 Å². The molecule has 4 heteroatoms. The second-order valence-electron chi connectivity index (χ2n) is 3.10. The Bertz CT molecular complexity index is 532. The lowest BCUT2D eigenvalue weighted by Gasteiger charge is -2.01. The number of aryl methyl sites for hydroxylation is 1. The number of aromatic nitrogens is 2. The summed E-state index contributed by atoms with van der Waals surface area (Å²) in [5.74, 6) is 0. The average molecular weight is 252 g/mol. The summed E-state index contributed by atoms with van der Waals surface area (Å²) < 4.78 is 0.718. The van der Waals surface area contributed by atoms with Crippen molar-refractivity contribution in [2.45, 2.75) is 25.8 Å². The van der Waals surface area contributed by atoms with Gasteiger partial charge in [-0.1, -0.05) is 32.1 Å². The molecule has 2 nitrogen and oxygen atoms in total. The van der Waals surface area contributed by atoms with E-state index in [2.05, 4.69) is 29.0 Å². The molecular formula is C12H16N2S2. The molecule has 1 aromatic carbocycles. The summed E-state index contributed by atoms with van der Waals surface area (Å²) in [7, 11) is 0. The van der Waals surface area contributed by atoms with Crippen LogP contribution in [-0.4, -0.2) is 16.2 Å². The maximum Gasteiger partial charge on any atom is 0.136 e. The minimum atomic E-state index is 0.718. The highest BCUT2D eigenvalue weighted by Gasteiger charge is 2.00. The lowest BCUT2D eigenvalue weighted by molar-refractivity contribution is 1.10. The zero-order chi connectivity index (χ0) is 12.1. The van der Waals surface area contributed by atoms with Gasteiger partial charge in [-0.3, -0.25) is 0 Å². The van der Waals surface area contributed by atoms with Crippen molar-refractivity contribution in [2.24, 2.45) is 0 Å². The Labute approximate surface area is 105 Å². The van der Waals surface area contributed by atoms with Crippen molar-refractivity contribution in [1.82, 2.24) is 9.97 Å². The van der Waals surface area contributed by atoms with Crippen LogP contribution in [0, 0.1) is 11.6 Å². The Morgan fingerprint density at radius 3 is 2.62 bits per heavy atom. The predicted molar refractivity (Wildman–Crippen MR) is 74.8 cm³/mol. The molecule has 1 aromatic heterocycles. The van der Waals surface area contributed by atoms with E-state index in [1.807, 2.05) is 26.2 Å². The number of nitrogens with one attached hydrogen (secondary N) is 1. The topological polar surface area (TPSA) is 28.7 Å². The molecule has 0 saturated heterocycles. The Morgan fingerprint density at radius 2 is 2.00 bits per heavy atom. The molecule has 1 heterocycles. The van der Waals surface area contributed by atoms with E-state index in [0.29, 0.717) is 0 Å². The van der Waals surface area contributed by atoms with Gasteiger partial charge in [0.25, 0.3) is 0 Å². The van der Waals surface area contributed by atoms with Crippen LogP contribution in [0.25, 0.3) is 11.0 Å². The minimum Gasteiger partial charge on any atom is -0.343 e. The van der Waals surface area contributed by atoms with Gasteiger partial charge in [0, 0.05) is 0 Å². The largest absolute Gasteiger partial charge is 0.343 e. The first-order valence-corrected chi connectivity index (χ1v) is 6.88. The van der Waals surface area contributed by atoms with Crippen molar-refractivity contribution in [3.63, 3.8) is 0 Å². The van der Waals surface area contributed by atoms with Crippen LogP contribution in [0.3, 0.4) is 0 Å². The molecule has 0 bridgehead atoms. The van der Waals surface area contributed by atoms with E-state index in [9.17, 15) is 0 Å². The molecule has 0 saturated carbocycles. The lowest BCUT2D eigenvalue weighted by Crippen LogP contribution is -1.88. The summed E-state index contributed by atoms with van der Waals surface area (Å²) in [6.45, 7) is 6.05. The molecule has 0 aliphatic rings. The molecule has 2 rings (SSSR count). The van der Waals surface area contributed by atoms with Crippen LogP contribution in [0.5, 0.6) is 0 Å². The number of rotatable bonds is 1. The molecule has 0 unspecified atom stereocenters. The van der Waals surface area contributed by atoms with Crippen LogP contribution >= 0.6 is 24.0 Å². The summed E-state index contributed by atoms with van der Waals surface area (Å²) in [6.07, 6.45) is 1.98. The van der Waals surface area contributed by atoms with Gasteiger partial charge in [-0.25, -0.2) is 4.98 Å². The van der Waals surface area contributed by atoms with E-state index in [-0.39, 0.29) is 0 Å². The van der Waals surface area contributed by atoms with Gasteiger partial charge >= 0.3 is 0 Å². The Kier molecular flexibility index (Phi) is 4.96. The Hall–Kier alpha value is -0.870. The molecule has 16 heavy (non-hydrogen) atoms. The van der Waals surface area contributed by atoms with Gasteiger partial charge in [0.2, 0.25) is 0 Å². The lowest BCUT2D eigenvalue weighted by atomic mass is 10.2. The number of hydrogen-bond acceptors (Lipinski definition) is 3. The zero-order valence-corrected chi connectivity index (χ0v) is 11.6. The highest BCUT2D eigenvalue weighted by molar-refractivity contribution is 7.98. The first kappa shape index (κ1) is 13.2. The summed E-state index contributed by atoms with van der Waals surface area (Å²) in [4.78, 5) is 7.64. The molecule has 1 N–H and O–H groups in total. The van der Waals surface area contributed by atoms with Gasteiger partial charge < -0.3 is 4.98 Å². The zero-order valence-electron chi connectivity index (χ0n) is 10.00. The molecule has 0 spiro atoms. The third-order valence-electron chi connectivity index (χ3n) is 2.01. The summed E-state index contributed by atoms with van der Waals surface area (Å²) in [5, 5.41) is 0.886. The van der Waals surface area contributed by atoms with Crippen molar-refractivity contribution in [1.29, 1.82) is 0 Å². The van der Waals surface area contributed by atoms with Gasteiger partial charge in [0.15, 0.2) is 0 Å². The molecule has 0 aliphatic carbocycles. The van der Waals surface area contributed by atoms with Crippen molar-refractivity contribution in [3.05, 3.63) is 28.4 Å². The molecule has 2 aromatic rings. The number of aromatic amines is 1. The second-order valence-corrected chi connectivity index (χ2v) is 4.30. The molecule has 0 aliphatic heterocycles. The highest BCUT2D eigenvalue weighted by Crippen LogP contribution is 2.17. The van der Waals surface area contributed by atoms with E-state index >= 15 is 0 Å². The van der Waals surface area contributed by atoms with Gasteiger partial charge in [0.1, 0.15) is 9.67 Å². The van der Waals surface area contributed by atoms with Crippen LogP contribution < -0.4 is 0 Å². The number of H-pyrrole nitrogens is 1. The fraction of sp³-hybridized carbons (Fsp3) is 0.333. The third kappa shape index (κ3) is 2.83. The molecule has 0 fully saturated rings. The normalized spacial score (nSPS) is 9.75. The third-order valence-corrected chi connectivity index (χ3v) is 3.12. The number of thioether (sulfide) groups is 1. The Balaban J connectivity index is 0.000000606. The maximum atomic E-state index is 5.18. The van der Waals surface area contributed by atoms with Crippen LogP contribution in [0.15, 0.2) is 23.2 Å². The standard InChI is InChI=1S/C10H10N2S2.C2H6/c1-6-3-4-7-8(5-6)11-9(13)10(12-7)14-2;1-2/h3-5H,1-2H3,(H,11,13);1-2H3. The fourth-order valence-corrected chi connectivity index (χ4v) is 2.15. The molecule has 0 atom stereocenters. The van der Waals surface area contributed by atoms with E-state index < -0.39 is 0 Å². The molecule has 0 amide bonds. The summed E-state index contributed by atoms with van der Waals surface area (Å²) in [5.41, 5.74) is 3.18. The first-order chi connectivity index (χ1) is 7.70. The number of nitrogens with zero attached hydrogens (tertiary/aromatic N) is 1. The monoisotopic (exact) mass is 252 g/mol. The van der Waals surface area contributed by atoms with Crippen LogP contribution in [0.1, 0.15) is 19.4 Å². The second kappa shape index (κ2) is 6.01. The van der Waals surface area contributed by atoms with Crippen LogP contribution in [-0.2, 0) is 0 Å². The van der Waals surface area contributed by atoms with Crippen molar-refractivity contribution in [3.8, 4) is 0 Å². The van der Waals surface area contributed by atoms with Gasteiger partial charge in [-0.2, -0.15) is 0 Å². The van der Waals surface area contributed by atoms with Crippen LogP contribution in [0.4, 0.5) is 0 Å². The highest BCUT2D eigenvalue weighted by atomic mass is 32.2. The van der Waals surface area contributed by atoms with E-state index in [1.54, 1.807) is 11.8 Å². The van der Waals surface area contributed by atoms with E-state index in [0.717, 1.165) is 20.7 Å². The Morgan fingerprint density at radius 1 is 1.31 bits per heavy atom. The maximum absolute atomic E-state index is 5.18. The minimum absolute atomic E-state index is 0.718.